The summed E-state index contributed by atoms with van der Waals surface area (Å²) in [6.07, 6.45) is 2.50. The molecule has 1 aliphatic heterocycles. The van der Waals surface area contributed by atoms with Crippen molar-refractivity contribution in [2.45, 2.75) is 6.54 Å². The number of hydrogen-bond donors (Lipinski definition) is 2. The van der Waals surface area contributed by atoms with Crippen molar-refractivity contribution in [1.82, 2.24) is 20.1 Å². The predicted octanol–water partition coefficient (Wildman–Crippen LogP) is 3.02. The number of aromatic nitrogens is 1. The molecule has 4 rings (SSSR count). The number of benzene rings is 2. The van der Waals surface area contributed by atoms with Gasteiger partial charge < -0.3 is 29.8 Å². The lowest BCUT2D eigenvalue weighted by Gasteiger charge is -2.36. The van der Waals surface area contributed by atoms with Crippen molar-refractivity contribution >= 4 is 40.4 Å². The summed E-state index contributed by atoms with van der Waals surface area (Å²) < 4.78 is 15.7. The number of nitrogens with zero attached hydrogens (tertiary/aromatic N) is 3. The fraction of sp³-hybridized carbons (Fsp3) is 0.360. The summed E-state index contributed by atoms with van der Waals surface area (Å²) in [6.45, 7) is 4.39. The zero-order chi connectivity index (χ0) is 24.5. The SMILES string of the molecule is CNCCNC.O=CCn1cc(C(=O)N2CCN(c3ccccc3F)CC2)c2ccc(Cl)cc21. The van der Waals surface area contributed by atoms with Crippen LogP contribution in [0.2, 0.25) is 5.02 Å². The van der Waals surface area contributed by atoms with Crippen molar-refractivity contribution in [1.29, 1.82) is 0 Å². The molecule has 34 heavy (non-hydrogen) atoms. The average molecular weight is 488 g/mol. The van der Waals surface area contributed by atoms with E-state index in [2.05, 4.69) is 10.6 Å². The summed E-state index contributed by atoms with van der Waals surface area (Å²) in [5.74, 6) is -0.346. The number of fused-ring (bicyclic) bond motifs is 1. The fourth-order valence-electron chi connectivity index (χ4n) is 3.95. The van der Waals surface area contributed by atoms with Crippen LogP contribution in [0.1, 0.15) is 10.4 Å². The maximum absolute atomic E-state index is 14.0. The maximum atomic E-state index is 14.0. The van der Waals surface area contributed by atoms with Crippen molar-refractivity contribution in [3.63, 3.8) is 0 Å². The number of anilines is 1. The molecule has 2 N–H and O–H groups in total. The van der Waals surface area contributed by atoms with Gasteiger partial charge in [-0.25, -0.2) is 4.39 Å². The number of carbonyl (C=O) groups is 2. The largest absolute Gasteiger partial charge is 0.366 e. The van der Waals surface area contributed by atoms with E-state index in [-0.39, 0.29) is 18.3 Å². The van der Waals surface area contributed by atoms with Gasteiger partial charge in [0.2, 0.25) is 0 Å². The van der Waals surface area contributed by atoms with E-state index >= 15 is 0 Å². The summed E-state index contributed by atoms with van der Waals surface area (Å²) in [7, 11) is 3.88. The molecule has 1 aliphatic rings. The summed E-state index contributed by atoms with van der Waals surface area (Å²) >= 11 is 6.08. The van der Waals surface area contributed by atoms with Gasteiger partial charge in [0.05, 0.1) is 23.3 Å². The number of hydrogen-bond acceptors (Lipinski definition) is 5. The molecule has 3 aromatic rings. The molecule has 1 aromatic heterocycles. The fourth-order valence-corrected chi connectivity index (χ4v) is 4.11. The Morgan fingerprint density at radius 1 is 1.06 bits per heavy atom. The van der Waals surface area contributed by atoms with Crippen LogP contribution in [0.25, 0.3) is 10.9 Å². The lowest BCUT2D eigenvalue weighted by Crippen LogP contribution is -2.49. The zero-order valence-electron chi connectivity index (χ0n) is 19.6. The monoisotopic (exact) mass is 487 g/mol. The quantitative estimate of drug-likeness (QED) is 0.396. The Balaban J connectivity index is 0.000000481. The Morgan fingerprint density at radius 3 is 2.35 bits per heavy atom. The molecule has 0 unspecified atom stereocenters. The average Bonchev–Trinajstić information content (AvgIpc) is 3.21. The van der Waals surface area contributed by atoms with Crippen LogP contribution in [0.4, 0.5) is 10.1 Å². The first-order valence-corrected chi connectivity index (χ1v) is 11.7. The highest BCUT2D eigenvalue weighted by Gasteiger charge is 2.26. The molecule has 0 bridgehead atoms. The number of carbonyl (C=O) groups excluding carboxylic acids is 2. The minimum Gasteiger partial charge on any atom is -0.366 e. The van der Waals surface area contributed by atoms with Crippen LogP contribution in [-0.4, -0.2) is 75.0 Å². The van der Waals surface area contributed by atoms with Gasteiger partial charge in [-0.3, -0.25) is 4.79 Å². The van der Waals surface area contributed by atoms with Crippen LogP contribution >= 0.6 is 11.6 Å². The van der Waals surface area contributed by atoms with Gasteiger partial charge >= 0.3 is 0 Å². The zero-order valence-corrected chi connectivity index (χ0v) is 20.3. The van der Waals surface area contributed by atoms with Gasteiger partial charge in [0.1, 0.15) is 12.1 Å². The highest BCUT2D eigenvalue weighted by atomic mass is 35.5. The Kier molecular flexibility index (Phi) is 9.44. The highest BCUT2D eigenvalue weighted by Crippen LogP contribution is 2.27. The topological polar surface area (TPSA) is 69.6 Å². The third-order valence-electron chi connectivity index (χ3n) is 5.73. The summed E-state index contributed by atoms with van der Waals surface area (Å²) in [5.41, 5.74) is 1.87. The third-order valence-corrected chi connectivity index (χ3v) is 5.97. The highest BCUT2D eigenvalue weighted by molar-refractivity contribution is 6.31. The van der Waals surface area contributed by atoms with E-state index in [0.717, 1.165) is 30.3 Å². The van der Waals surface area contributed by atoms with Gasteiger partial charge in [0.15, 0.2) is 0 Å². The van der Waals surface area contributed by atoms with Gasteiger partial charge in [-0.1, -0.05) is 29.8 Å². The number of rotatable bonds is 7. The normalized spacial score (nSPS) is 13.5. The Bertz CT molecular complexity index is 1110. The molecule has 0 radical (unpaired) electrons. The molecule has 0 saturated carbocycles. The van der Waals surface area contributed by atoms with Gasteiger partial charge in [0, 0.05) is 55.9 Å². The van der Waals surface area contributed by atoms with Crippen LogP contribution in [0, 0.1) is 5.82 Å². The molecule has 2 aromatic carbocycles. The van der Waals surface area contributed by atoms with Crippen molar-refractivity contribution < 1.29 is 14.0 Å². The molecule has 0 aliphatic carbocycles. The second kappa shape index (κ2) is 12.5. The van der Waals surface area contributed by atoms with Crippen LogP contribution < -0.4 is 15.5 Å². The Hall–Kier alpha value is -2.94. The lowest BCUT2D eigenvalue weighted by atomic mass is 10.1. The van der Waals surface area contributed by atoms with Crippen LogP contribution in [0.3, 0.4) is 0 Å². The van der Waals surface area contributed by atoms with Gasteiger partial charge in [-0.05, 0) is 38.4 Å². The predicted molar refractivity (Wildman–Crippen MR) is 135 cm³/mol. The second-order valence-electron chi connectivity index (χ2n) is 7.96. The molecule has 2 heterocycles. The van der Waals surface area contributed by atoms with Crippen molar-refractivity contribution in [3.05, 3.63) is 65.1 Å². The maximum Gasteiger partial charge on any atom is 0.256 e. The van der Waals surface area contributed by atoms with E-state index in [1.807, 2.05) is 31.1 Å². The minimum absolute atomic E-state index is 0.0924. The summed E-state index contributed by atoms with van der Waals surface area (Å²) in [6, 6.07) is 12.0. The number of aldehydes is 1. The molecule has 0 spiro atoms. The summed E-state index contributed by atoms with van der Waals surface area (Å²) in [5, 5.41) is 7.33. The minimum atomic E-state index is -0.254. The number of likely N-dealkylation sites (N-methyl/N-ethyl adjacent to an activating group) is 2. The number of halogens is 2. The number of piperazine rings is 1. The van der Waals surface area contributed by atoms with Crippen molar-refractivity contribution in [2.24, 2.45) is 0 Å². The van der Waals surface area contributed by atoms with Crippen LogP contribution in [-0.2, 0) is 11.3 Å². The second-order valence-corrected chi connectivity index (χ2v) is 8.40. The molecule has 7 nitrogen and oxygen atoms in total. The third kappa shape index (κ3) is 6.14. The van der Waals surface area contributed by atoms with Crippen LogP contribution in [0.5, 0.6) is 0 Å². The smallest absolute Gasteiger partial charge is 0.256 e. The molecule has 1 fully saturated rings. The first-order valence-electron chi connectivity index (χ1n) is 11.3. The van der Waals surface area contributed by atoms with E-state index in [1.165, 1.54) is 6.07 Å². The molecular weight excluding hydrogens is 457 g/mol. The molecule has 182 valence electrons. The van der Waals surface area contributed by atoms with E-state index in [0.29, 0.717) is 42.5 Å². The summed E-state index contributed by atoms with van der Waals surface area (Å²) in [4.78, 5) is 27.8. The Labute approximate surface area is 204 Å². The first-order chi connectivity index (χ1) is 16.5. The van der Waals surface area contributed by atoms with E-state index in [1.54, 1.807) is 39.9 Å². The molecular formula is C25H31ClFN5O2. The van der Waals surface area contributed by atoms with E-state index in [4.69, 9.17) is 11.6 Å². The van der Waals surface area contributed by atoms with Crippen LogP contribution in [0.15, 0.2) is 48.7 Å². The number of para-hydroxylation sites is 1. The van der Waals surface area contributed by atoms with E-state index in [9.17, 15) is 14.0 Å². The van der Waals surface area contributed by atoms with Gasteiger partial charge in [0.25, 0.3) is 5.91 Å². The number of amides is 1. The van der Waals surface area contributed by atoms with Gasteiger partial charge in [-0.15, -0.1) is 0 Å². The molecule has 1 amide bonds. The lowest BCUT2D eigenvalue weighted by molar-refractivity contribution is -0.108. The molecule has 9 heteroatoms. The van der Waals surface area contributed by atoms with E-state index < -0.39 is 0 Å². The Morgan fingerprint density at radius 2 is 1.74 bits per heavy atom. The molecule has 0 atom stereocenters. The van der Waals surface area contributed by atoms with Gasteiger partial charge in [-0.2, -0.15) is 0 Å². The molecule has 1 saturated heterocycles. The number of nitrogens with one attached hydrogen (secondary N) is 2. The standard InChI is InChI=1S/C21H19ClFN3O2.C4H12N2/c22-15-5-6-16-17(14-26(11-12-27)20(16)13-15)21(28)25-9-7-24(8-10-25)19-4-2-1-3-18(19)23;1-5-3-4-6-2/h1-6,12-14H,7-11H2;5-6H,3-4H2,1-2H3. The van der Waals surface area contributed by atoms with Crippen molar-refractivity contribution in [2.75, 3.05) is 58.3 Å². The first kappa shape index (κ1) is 25.7. The van der Waals surface area contributed by atoms with Crippen molar-refractivity contribution in [3.8, 4) is 0 Å².